The summed E-state index contributed by atoms with van der Waals surface area (Å²) in [6.45, 7) is -2.09. The Morgan fingerprint density at radius 2 is 2.00 bits per heavy atom. The van der Waals surface area contributed by atoms with Crippen molar-refractivity contribution in [3.8, 4) is 0 Å². The van der Waals surface area contributed by atoms with E-state index in [1.807, 2.05) is 0 Å². The fraction of sp³-hybridized carbons (Fsp3) is 1.00. The molecule has 1 nitrogen and oxygen atoms in total. The van der Waals surface area contributed by atoms with Gasteiger partial charge in [0.2, 0.25) is 0 Å². The second-order valence-electron chi connectivity index (χ2n) is 2.22. The van der Waals surface area contributed by atoms with E-state index in [9.17, 15) is 0 Å². The molecule has 0 aliphatic carbocycles. The Labute approximate surface area is 56.1 Å². The topological polar surface area (TPSA) is 0 Å². The highest BCUT2D eigenvalue weighted by Gasteiger charge is 2.02. The quantitative estimate of drug-likeness (QED) is 0.382. The van der Waals surface area contributed by atoms with E-state index < -0.39 is 12.3 Å². The lowest BCUT2D eigenvalue weighted by molar-refractivity contribution is -0.867. The predicted octanol–water partition coefficient (Wildman–Crippen LogP) is 0.931. The maximum absolute atomic E-state index is 7.36. The highest BCUT2D eigenvalue weighted by atomic mass is 35.5. The second kappa shape index (κ2) is 2.53. The number of hydrogen-bond acceptors (Lipinski definition) is 0. The third-order valence-electron chi connectivity index (χ3n) is 0.378. The lowest BCUT2D eigenvalue weighted by atomic mass is 10.6. The van der Waals surface area contributed by atoms with E-state index in [2.05, 4.69) is 0 Å². The van der Waals surface area contributed by atoms with Crippen molar-refractivity contribution in [2.24, 2.45) is 0 Å². The van der Waals surface area contributed by atoms with Gasteiger partial charge >= 0.3 is 0 Å². The van der Waals surface area contributed by atoms with Crippen LogP contribution in [0.4, 0.5) is 0 Å². The zero-order chi connectivity index (χ0) is 9.50. The minimum atomic E-state index is -2.34. The molecule has 2 heteroatoms. The van der Waals surface area contributed by atoms with Gasteiger partial charge in [0.1, 0.15) is 0 Å². The van der Waals surface area contributed by atoms with Crippen LogP contribution in [0, 0.1) is 0 Å². The molecule has 0 atom stereocenters. The van der Waals surface area contributed by atoms with Crippen LogP contribution in [0.1, 0.15) is 5.48 Å². The van der Waals surface area contributed by atoms with Crippen molar-refractivity contribution in [3.05, 3.63) is 0 Å². The van der Waals surface area contributed by atoms with Crippen LogP contribution in [-0.4, -0.2) is 38.0 Å². The van der Waals surface area contributed by atoms with Gasteiger partial charge < -0.3 is 4.48 Å². The summed E-state index contributed by atoms with van der Waals surface area (Å²) in [5, 5.41) is 0. The Morgan fingerprint density at radius 3 is 2.00 bits per heavy atom. The minimum Gasteiger partial charge on any atom is -0.330 e. The maximum Gasteiger partial charge on any atom is 0.0937 e. The Bertz CT molecular complexity index is 130. The second-order valence-corrected chi connectivity index (χ2v) is 2.41. The van der Waals surface area contributed by atoms with Gasteiger partial charge in [-0.2, -0.15) is 0 Å². The van der Waals surface area contributed by atoms with Crippen LogP contribution >= 0.6 is 11.6 Å². The van der Waals surface area contributed by atoms with E-state index in [-0.39, 0.29) is 4.48 Å². The first-order valence-electron chi connectivity index (χ1n) is 4.00. The first-order chi connectivity index (χ1) is 4.50. The van der Waals surface area contributed by atoms with E-state index in [0.29, 0.717) is 0 Å². The largest absolute Gasteiger partial charge is 0.330 e. The molecule has 0 unspecified atom stereocenters. The van der Waals surface area contributed by atoms with Crippen molar-refractivity contribution in [1.82, 2.24) is 0 Å². The molecule has 0 radical (unpaired) electrons. The smallest absolute Gasteiger partial charge is 0.0937 e. The predicted molar refractivity (Wildman–Crippen MR) is 33.6 cm³/mol. The summed E-state index contributed by atoms with van der Waals surface area (Å²) < 4.78 is 28.6. The first-order valence-corrected chi connectivity index (χ1v) is 2.38. The molecule has 0 bridgehead atoms. The zero-order valence-electron chi connectivity index (χ0n) is 8.83. The Kier molecular flexibility index (Phi) is 0.975. The van der Waals surface area contributed by atoms with Crippen LogP contribution in [0.2, 0.25) is 0 Å². The lowest BCUT2D eigenvalue weighted by Crippen LogP contribution is -2.35. The van der Waals surface area contributed by atoms with Crippen LogP contribution < -0.4 is 0 Å². The molecule has 0 saturated carbocycles. The van der Waals surface area contributed by atoms with Crippen molar-refractivity contribution in [3.63, 3.8) is 0 Å². The van der Waals surface area contributed by atoms with E-state index in [1.54, 1.807) is 21.1 Å². The SMILES string of the molecule is [2H]C([2H])(Cl)C([2H])([2H])[N+](C)(C)C. The first kappa shape index (κ1) is 2.70. The van der Waals surface area contributed by atoms with Crippen LogP contribution in [0.3, 0.4) is 0 Å². The molecule has 0 fully saturated rings. The van der Waals surface area contributed by atoms with E-state index in [0.717, 1.165) is 0 Å². The van der Waals surface area contributed by atoms with Crippen LogP contribution in [0.5, 0.6) is 0 Å². The Hall–Kier alpha value is 0.250. The third kappa shape index (κ3) is 6.25. The fourth-order valence-electron chi connectivity index (χ4n) is 0.127. The van der Waals surface area contributed by atoms with Crippen molar-refractivity contribution < 1.29 is 9.97 Å². The number of rotatable bonds is 2. The zero-order valence-corrected chi connectivity index (χ0v) is 5.58. The van der Waals surface area contributed by atoms with Gasteiger partial charge in [0.15, 0.2) is 0 Å². The molecule has 44 valence electrons. The molecule has 0 rings (SSSR count). The molecule has 0 saturated heterocycles. The standard InChI is InChI=1S/C5H13ClN/c1-7(2,3)5-4-6/h4-5H2,1-3H3/q+1/i4D2,5D2. The summed E-state index contributed by atoms with van der Waals surface area (Å²) >= 11 is 5.25. The Morgan fingerprint density at radius 1 is 1.57 bits per heavy atom. The van der Waals surface area contributed by atoms with Crippen LogP contribution in [0.25, 0.3) is 0 Å². The number of halogens is 1. The van der Waals surface area contributed by atoms with Crippen LogP contribution in [-0.2, 0) is 0 Å². The van der Waals surface area contributed by atoms with Gasteiger partial charge in [-0.1, -0.05) is 0 Å². The van der Waals surface area contributed by atoms with Crippen LogP contribution in [0.15, 0.2) is 0 Å². The average molecular weight is 127 g/mol. The van der Waals surface area contributed by atoms with Crippen molar-refractivity contribution in [2.75, 3.05) is 33.5 Å². The Balaban J connectivity index is 4.75. The summed E-state index contributed by atoms with van der Waals surface area (Å²) in [4.78, 5) is 0. The summed E-state index contributed by atoms with van der Waals surface area (Å²) in [5.41, 5.74) is 0. The molecule has 0 N–H and O–H groups in total. The summed E-state index contributed by atoms with van der Waals surface area (Å²) in [6.07, 6.45) is 0. The lowest BCUT2D eigenvalue weighted by Gasteiger charge is -2.21. The molecule has 0 amide bonds. The molecule has 0 aliphatic heterocycles. The maximum atomic E-state index is 7.36. The van der Waals surface area contributed by atoms with Gasteiger partial charge in [-0.15, -0.1) is 11.6 Å². The minimum absolute atomic E-state index is 0.163. The molecular formula is C5H13ClN+. The van der Waals surface area contributed by atoms with Crippen molar-refractivity contribution >= 4 is 11.6 Å². The molecule has 0 heterocycles. The monoisotopic (exact) mass is 126 g/mol. The molecule has 0 aromatic rings. The summed E-state index contributed by atoms with van der Waals surface area (Å²) in [7, 11) is 4.67. The number of alkyl halides is 1. The normalized spacial score (nSPS) is 24.6. The van der Waals surface area contributed by atoms with Crippen molar-refractivity contribution in [2.45, 2.75) is 0 Å². The number of nitrogens with zero attached hydrogens (tertiary/aromatic N) is 1. The third-order valence-corrected chi connectivity index (χ3v) is 0.462. The van der Waals surface area contributed by atoms with Crippen molar-refractivity contribution in [1.29, 1.82) is 0 Å². The average Bonchev–Trinajstić information content (AvgIpc) is 1.58. The van der Waals surface area contributed by atoms with Gasteiger partial charge in [0.05, 0.1) is 36.2 Å². The molecular weight excluding hydrogens is 110 g/mol. The van der Waals surface area contributed by atoms with Gasteiger partial charge in [-0.25, -0.2) is 0 Å². The fourth-order valence-corrected chi connectivity index (χ4v) is 0.380. The summed E-state index contributed by atoms with van der Waals surface area (Å²) in [6, 6.07) is 0. The molecule has 0 aromatic heterocycles. The van der Waals surface area contributed by atoms with Gasteiger partial charge in [-0.05, 0) is 0 Å². The van der Waals surface area contributed by atoms with Gasteiger partial charge in [0.25, 0.3) is 0 Å². The molecule has 0 spiro atoms. The molecule has 0 aliphatic rings. The number of quaternary nitrogens is 1. The van der Waals surface area contributed by atoms with Gasteiger partial charge in [-0.3, -0.25) is 0 Å². The highest BCUT2D eigenvalue weighted by Crippen LogP contribution is 1.88. The molecule has 7 heavy (non-hydrogen) atoms. The van der Waals surface area contributed by atoms with Gasteiger partial charge in [0, 0.05) is 2.74 Å². The van der Waals surface area contributed by atoms with E-state index >= 15 is 0 Å². The highest BCUT2D eigenvalue weighted by molar-refractivity contribution is 6.17. The molecule has 0 aromatic carbocycles. The summed E-state index contributed by atoms with van der Waals surface area (Å²) in [5.74, 6) is -2.34. The van der Waals surface area contributed by atoms with E-state index in [4.69, 9.17) is 17.1 Å². The number of hydrogen-bond donors (Lipinski definition) is 0. The van der Waals surface area contributed by atoms with E-state index in [1.165, 1.54) is 0 Å².